The lowest BCUT2D eigenvalue weighted by Crippen LogP contribution is -2.28. The maximum absolute atomic E-state index is 13.3. The number of nitrogens with zero attached hydrogens (tertiary/aromatic N) is 2. The highest BCUT2D eigenvalue weighted by Crippen LogP contribution is 2.26. The Labute approximate surface area is 134 Å². The summed E-state index contributed by atoms with van der Waals surface area (Å²) in [5.74, 6) is -2.73. The minimum atomic E-state index is -0.827. The number of rotatable bonds is 2. The average molecular weight is 334 g/mol. The number of anilines is 1. The van der Waals surface area contributed by atoms with Crippen molar-refractivity contribution in [3.8, 4) is 5.75 Å². The lowest BCUT2D eigenvalue weighted by molar-refractivity contribution is -0.114. The van der Waals surface area contributed by atoms with Crippen LogP contribution in [-0.2, 0) is 9.53 Å². The van der Waals surface area contributed by atoms with Crippen molar-refractivity contribution in [1.29, 1.82) is 0 Å². The quantitative estimate of drug-likeness (QED) is 0.520. The van der Waals surface area contributed by atoms with Crippen LogP contribution in [0, 0.1) is 11.8 Å². The number of thiocarbonyl (C=S) groups is 1. The van der Waals surface area contributed by atoms with E-state index < -0.39 is 23.4 Å². The molecule has 2 heterocycles. The maximum atomic E-state index is 13.3. The Morgan fingerprint density at radius 1 is 1.26 bits per heavy atom. The normalized spacial score (nSPS) is 16.1. The summed E-state index contributed by atoms with van der Waals surface area (Å²) in [6.07, 6.45) is 2.43. The topological polar surface area (TPSA) is 62.7 Å². The van der Waals surface area contributed by atoms with E-state index in [4.69, 9.17) is 22.1 Å². The molecule has 0 aliphatic carbocycles. The number of halogens is 2. The van der Waals surface area contributed by atoms with Crippen LogP contribution >= 0.6 is 12.2 Å². The molecule has 0 unspecified atom stereocenters. The largest absolute Gasteiger partial charge is 0.505 e. The molecular weight excluding hydrogens is 326 g/mol. The number of amides is 1. The van der Waals surface area contributed by atoms with Crippen LogP contribution in [0.25, 0.3) is 6.08 Å². The average Bonchev–Trinajstić information content (AvgIpc) is 2.79. The van der Waals surface area contributed by atoms with Gasteiger partial charge in [-0.3, -0.25) is 4.79 Å². The number of hydrogen-bond donors (Lipinski definition) is 1. The summed E-state index contributed by atoms with van der Waals surface area (Å²) in [7, 11) is 0. The number of hydrogen-bond acceptors (Lipinski definition) is 5. The third kappa shape index (κ3) is 2.88. The molecule has 0 radical (unpaired) electrons. The lowest BCUT2D eigenvalue weighted by atomic mass is 10.2. The first kappa shape index (κ1) is 15.0. The molecule has 3 rings (SSSR count). The zero-order valence-corrected chi connectivity index (χ0v) is 12.2. The van der Waals surface area contributed by atoms with Crippen LogP contribution in [0.2, 0.25) is 0 Å². The molecule has 5 nitrogen and oxygen atoms in total. The number of ether oxygens (including phenoxy) is 1. The smallest absolute Gasteiger partial charge is 0.301 e. The number of phenols is 1. The molecule has 1 aromatic carbocycles. The first-order valence-electron chi connectivity index (χ1n) is 6.34. The number of pyridine rings is 1. The van der Waals surface area contributed by atoms with Gasteiger partial charge < -0.3 is 9.84 Å². The van der Waals surface area contributed by atoms with Crippen LogP contribution in [0.3, 0.4) is 0 Å². The van der Waals surface area contributed by atoms with Gasteiger partial charge in [0.1, 0.15) is 0 Å². The van der Waals surface area contributed by atoms with E-state index >= 15 is 0 Å². The van der Waals surface area contributed by atoms with E-state index in [1.807, 2.05) is 0 Å². The van der Waals surface area contributed by atoms with Crippen LogP contribution in [0.15, 0.2) is 42.3 Å². The standard InChI is InChI=1S/C15H8F2N2O3S/c16-10-5-8(1-3-11(10)20)6-12-14(21)19(15(23)22-12)9-2-4-13(17)18-7-9/h1-7,20H/b12-6+. The first-order valence-corrected chi connectivity index (χ1v) is 6.74. The van der Waals surface area contributed by atoms with E-state index in [2.05, 4.69) is 4.98 Å². The molecule has 2 aromatic rings. The fraction of sp³-hybridized carbons (Fsp3) is 0. The van der Waals surface area contributed by atoms with Crippen molar-refractivity contribution in [2.75, 3.05) is 4.90 Å². The molecule has 116 valence electrons. The van der Waals surface area contributed by atoms with Gasteiger partial charge in [-0.05, 0) is 48.1 Å². The molecule has 1 N–H and O–H groups in total. The van der Waals surface area contributed by atoms with Gasteiger partial charge in [-0.15, -0.1) is 0 Å². The molecule has 1 amide bonds. The molecule has 1 aliphatic heterocycles. The Morgan fingerprint density at radius 3 is 2.70 bits per heavy atom. The first-order chi connectivity index (χ1) is 11.0. The van der Waals surface area contributed by atoms with Gasteiger partial charge in [0.15, 0.2) is 17.3 Å². The highest BCUT2D eigenvalue weighted by atomic mass is 32.1. The van der Waals surface area contributed by atoms with E-state index in [0.717, 1.165) is 29.3 Å². The summed E-state index contributed by atoms with van der Waals surface area (Å²) in [4.78, 5) is 16.8. The van der Waals surface area contributed by atoms with Gasteiger partial charge in [0.25, 0.3) is 5.17 Å². The summed E-state index contributed by atoms with van der Waals surface area (Å²) in [5.41, 5.74) is 0.562. The maximum Gasteiger partial charge on any atom is 0.301 e. The summed E-state index contributed by atoms with van der Waals surface area (Å²) < 4.78 is 31.4. The van der Waals surface area contributed by atoms with E-state index in [1.165, 1.54) is 18.2 Å². The van der Waals surface area contributed by atoms with Crippen LogP contribution in [0.5, 0.6) is 5.75 Å². The summed E-state index contributed by atoms with van der Waals surface area (Å²) in [5, 5.41) is 9.01. The summed E-state index contributed by atoms with van der Waals surface area (Å²) in [6.45, 7) is 0. The highest BCUT2D eigenvalue weighted by molar-refractivity contribution is 7.80. The zero-order chi connectivity index (χ0) is 16.6. The fourth-order valence-corrected chi connectivity index (χ4v) is 2.23. The van der Waals surface area contributed by atoms with Crippen molar-refractivity contribution in [1.82, 2.24) is 4.98 Å². The molecule has 1 fully saturated rings. The van der Waals surface area contributed by atoms with Crippen molar-refractivity contribution in [3.05, 3.63) is 59.6 Å². The summed E-state index contributed by atoms with van der Waals surface area (Å²) >= 11 is 4.98. The minimum Gasteiger partial charge on any atom is -0.505 e. The number of aromatic hydroxyl groups is 1. The Bertz CT molecular complexity index is 837. The van der Waals surface area contributed by atoms with Crippen LogP contribution in [0.1, 0.15) is 5.56 Å². The molecule has 0 saturated carbocycles. The molecule has 0 atom stereocenters. The van der Waals surface area contributed by atoms with Gasteiger partial charge in [0.2, 0.25) is 5.95 Å². The van der Waals surface area contributed by atoms with E-state index in [1.54, 1.807) is 0 Å². The van der Waals surface area contributed by atoms with Gasteiger partial charge >= 0.3 is 5.91 Å². The van der Waals surface area contributed by atoms with Gasteiger partial charge in [0.05, 0.1) is 11.9 Å². The van der Waals surface area contributed by atoms with E-state index in [9.17, 15) is 13.6 Å². The Hall–Kier alpha value is -2.87. The molecule has 1 aliphatic rings. The second kappa shape index (κ2) is 5.73. The van der Waals surface area contributed by atoms with E-state index in [-0.39, 0.29) is 16.6 Å². The number of benzene rings is 1. The van der Waals surface area contributed by atoms with Crippen LogP contribution in [-0.4, -0.2) is 21.2 Å². The fourth-order valence-electron chi connectivity index (χ4n) is 1.95. The SMILES string of the molecule is O=C1/C(=C\c2ccc(O)c(F)c2)OC(=S)N1c1ccc(F)nc1. The zero-order valence-electron chi connectivity index (χ0n) is 11.4. The Balaban J connectivity index is 1.92. The third-order valence-corrected chi connectivity index (χ3v) is 3.30. The molecule has 0 bridgehead atoms. The third-order valence-electron chi connectivity index (χ3n) is 3.03. The van der Waals surface area contributed by atoms with E-state index in [0.29, 0.717) is 5.56 Å². The van der Waals surface area contributed by atoms with Gasteiger partial charge in [-0.25, -0.2) is 14.3 Å². The van der Waals surface area contributed by atoms with Crippen molar-refractivity contribution in [2.24, 2.45) is 0 Å². The van der Waals surface area contributed by atoms with Gasteiger partial charge in [-0.1, -0.05) is 6.07 Å². The molecule has 1 aromatic heterocycles. The Kier molecular flexibility index (Phi) is 3.75. The van der Waals surface area contributed by atoms with Crippen LogP contribution in [0.4, 0.5) is 14.5 Å². The predicted octanol–water partition coefficient (Wildman–Crippen LogP) is 2.75. The van der Waals surface area contributed by atoms with Crippen molar-refractivity contribution in [2.45, 2.75) is 0 Å². The molecule has 1 saturated heterocycles. The molecule has 23 heavy (non-hydrogen) atoms. The molecule has 0 spiro atoms. The number of aromatic nitrogens is 1. The molecular formula is C15H8F2N2O3S. The summed E-state index contributed by atoms with van der Waals surface area (Å²) in [6, 6.07) is 6.03. The van der Waals surface area contributed by atoms with Gasteiger partial charge in [-0.2, -0.15) is 4.39 Å². The second-order valence-electron chi connectivity index (χ2n) is 4.57. The highest BCUT2D eigenvalue weighted by Gasteiger charge is 2.35. The second-order valence-corrected chi connectivity index (χ2v) is 4.92. The monoisotopic (exact) mass is 334 g/mol. The number of carbonyl (C=O) groups is 1. The van der Waals surface area contributed by atoms with Crippen molar-refractivity contribution >= 4 is 35.1 Å². The van der Waals surface area contributed by atoms with Gasteiger partial charge in [0, 0.05) is 0 Å². The molecule has 8 heteroatoms. The van der Waals surface area contributed by atoms with Crippen molar-refractivity contribution in [3.63, 3.8) is 0 Å². The lowest BCUT2D eigenvalue weighted by Gasteiger charge is -2.11. The predicted molar refractivity (Wildman–Crippen MR) is 81.4 cm³/mol. The number of phenolic OH excluding ortho intramolecular Hbond substituents is 1. The van der Waals surface area contributed by atoms with Crippen LogP contribution < -0.4 is 4.90 Å². The Morgan fingerprint density at radius 2 is 2.04 bits per heavy atom. The minimum absolute atomic E-state index is 0.121. The van der Waals surface area contributed by atoms with Crippen molar-refractivity contribution < 1.29 is 23.4 Å². The number of carbonyl (C=O) groups excluding carboxylic acids is 1.